The highest BCUT2D eigenvalue weighted by atomic mass is 35.5. The average molecular weight is 325 g/mol. The van der Waals surface area contributed by atoms with Crippen LogP contribution in [0.1, 0.15) is 16.1 Å². The smallest absolute Gasteiger partial charge is 0.139 e. The van der Waals surface area contributed by atoms with Gasteiger partial charge in [-0.25, -0.2) is 4.98 Å². The van der Waals surface area contributed by atoms with Crippen LogP contribution in [0.25, 0.3) is 5.65 Å². The molecule has 104 valence electrons. The summed E-state index contributed by atoms with van der Waals surface area (Å²) < 4.78 is 14.9. The Balaban J connectivity index is 1.75. The van der Waals surface area contributed by atoms with E-state index in [1.54, 1.807) is 0 Å². The Hall–Kier alpha value is -1.17. The minimum atomic E-state index is -0.966. The summed E-state index contributed by atoms with van der Waals surface area (Å²) in [7, 11) is -0.966. The minimum absolute atomic E-state index is 0.469. The highest BCUT2D eigenvalue weighted by Crippen LogP contribution is 2.23. The van der Waals surface area contributed by atoms with Crippen molar-refractivity contribution in [2.24, 2.45) is 0 Å². The lowest BCUT2D eigenvalue weighted by molar-refractivity contribution is 0.682. The van der Waals surface area contributed by atoms with Crippen LogP contribution in [0.15, 0.2) is 36.7 Å². The lowest BCUT2D eigenvalue weighted by Gasteiger charge is -1.97. The van der Waals surface area contributed by atoms with Gasteiger partial charge in [0.05, 0.1) is 21.5 Å². The van der Waals surface area contributed by atoms with Gasteiger partial charge in [-0.15, -0.1) is 11.3 Å². The first-order valence-electron chi connectivity index (χ1n) is 6.14. The maximum absolute atomic E-state index is 12.2. The molecule has 6 heteroatoms. The van der Waals surface area contributed by atoms with Gasteiger partial charge in [0.15, 0.2) is 0 Å². The first-order chi connectivity index (χ1) is 9.61. The number of hydrogen-bond donors (Lipinski definition) is 0. The molecule has 0 fully saturated rings. The molecule has 0 saturated carbocycles. The molecule has 0 spiro atoms. The van der Waals surface area contributed by atoms with E-state index in [2.05, 4.69) is 4.98 Å². The minimum Gasteiger partial charge on any atom is -0.307 e. The molecule has 1 atom stereocenters. The molecule has 0 amide bonds. The molecule has 0 radical (unpaired) electrons. The van der Waals surface area contributed by atoms with Gasteiger partial charge in [-0.3, -0.25) is 4.21 Å². The second-order valence-electron chi connectivity index (χ2n) is 4.59. The maximum atomic E-state index is 12.2. The number of rotatable bonds is 4. The number of aryl methyl sites for hydroxylation is 1. The summed E-state index contributed by atoms with van der Waals surface area (Å²) in [6, 6.07) is 7.78. The SMILES string of the molecule is Cc1cccn2cc(C[S@](=O)Cc3ccc(Cl)s3)nc12. The van der Waals surface area contributed by atoms with Crippen molar-refractivity contribution in [3.05, 3.63) is 57.1 Å². The van der Waals surface area contributed by atoms with E-state index in [0.29, 0.717) is 11.5 Å². The molecule has 0 aliphatic heterocycles. The first-order valence-corrected chi connectivity index (χ1v) is 8.82. The van der Waals surface area contributed by atoms with Crippen molar-refractivity contribution in [2.75, 3.05) is 0 Å². The van der Waals surface area contributed by atoms with Gasteiger partial charge in [0.1, 0.15) is 5.65 Å². The van der Waals surface area contributed by atoms with E-state index in [4.69, 9.17) is 11.6 Å². The maximum Gasteiger partial charge on any atom is 0.139 e. The van der Waals surface area contributed by atoms with Gasteiger partial charge in [-0.1, -0.05) is 17.7 Å². The fraction of sp³-hybridized carbons (Fsp3) is 0.214. The van der Waals surface area contributed by atoms with E-state index >= 15 is 0 Å². The van der Waals surface area contributed by atoms with Gasteiger partial charge in [0, 0.05) is 28.1 Å². The molecule has 3 aromatic heterocycles. The van der Waals surface area contributed by atoms with Crippen molar-refractivity contribution < 1.29 is 4.21 Å². The number of hydrogen-bond acceptors (Lipinski definition) is 3. The standard InChI is InChI=1S/C14H13ClN2OS2/c1-10-3-2-6-17-7-11(16-14(10)17)8-20(18)9-12-4-5-13(15)19-12/h2-7H,8-9H2,1H3/t20-/m0/s1. The normalized spacial score (nSPS) is 12.9. The van der Waals surface area contributed by atoms with E-state index in [0.717, 1.165) is 26.1 Å². The van der Waals surface area contributed by atoms with Crippen LogP contribution in [-0.2, 0) is 22.3 Å². The van der Waals surface area contributed by atoms with Crippen molar-refractivity contribution in [3.63, 3.8) is 0 Å². The van der Waals surface area contributed by atoms with Crippen LogP contribution < -0.4 is 0 Å². The number of aromatic nitrogens is 2. The average Bonchev–Trinajstić information content (AvgIpc) is 2.96. The molecule has 3 heterocycles. The summed E-state index contributed by atoms with van der Waals surface area (Å²) in [5.74, 6) is 1.00. The molecule has 0 N–H and O–H groups in total. The molecule has 0 aliphatic rings. The predicted molar refractivity (Wildman–Crippen MR) is 84.8 cm³/mol. The topological polar surface area (TPSA) is 34.4 Å². The molecule has 0 saturated heterocycles. The molecular formula is C14H13ClN2OS2. The van der Waals surface area contributed by atoms with Crippen LogP contribution in [0.5, 0.6) is 0 Å². The highest BCUT2D eigenvalue weighted by molar-refractivity contribution is 7.83. The van der Waals surface area contributed by atoms with Crippen LogP contribution in [0.4, 0.5) is 0 Å². The van der Waals surface area contributed by atoms with Gasteiger partial charge >= 0.3 is 0 Å². The van der Waals surface area contributed by atoms with E-state index in [9.17, 15) is 4.21 Å². The van der Waals surface area contributed by atoms with Crippen molar-refractivity contribution in [2.45, 2.75) is 18.4 Å². The molecule has 0 bridgehead atoms. The summed E-state index contributed by atoms with van der Waals surface area (Å²) in [6.45, 7) is 2.02. The van der Waals surface area contributed by atoms with E-state index in [1.165, 1.54) is 11.3 Å². The lowest BCUT2D eigenvalue weighted by atomic mass is 10.3. The Kier molecular flexibility index (Phi) is 3.92. The fourth-order valence-corrected chi connectivity index (χ4v) is 4.58. The quantitative estimate of drug-likeness (QED) is 0.731. The Labute approximate surface area is 128 Å². The third kappa shape index (κ3) is 2.95. The monoisotopic (exact) mass is 324 g/mol. The van der Waals surface area contributed by atoms with Crippen LogP contribution in [0.2, 0.25) is 4.34 Å². The van der Waals surface area contributed by atoms with Gasteiger partial charge in [-0.05, 0) is 30.7 Å². The van der Waals surface area contributed by atoms with Crippen molar-refractivity contribution >= 4 is 39.4 Å². The molecule has 3 rings (SSSR count). The van der Waals surface area contributed by atoms with Crippen LogP contribution in [0.3, 0.4) is 0 Å². The molecule has 3 aromatic rings. The highest BCUT2D eigenvalue weighted by Gasteiger charge is 2.09. The summed E-state index contributed by atoms with van der Waals surface area (Å²) in [5.41, 5.74) is 2.91. The second kappa shape index (κ2) is 5.68. The first kappa shape index (κ1) is 13.8. The summed E-state index contributed by atoms with van der Waals surface area (Å²) in [6.07, 6.45) is 3.91. The van der Waals surface area contributed by atoms with Crippen LogP contribution in [-0.4, -0.2) is 13.6 Å². The zero-order chi connectivity index (χ0) is 14.1. The van der Waals surface area contributed by atoms with Gasteiger partial charge in [0.25, 0.3) is 0 Å². The Bertz CT molecular complexity index is 778. The van der Waals surface area contributed by atoms with E-state index in [1.807, 2.05) is 48.0 Å². The summed E-state index contributed by atoms with van der Waals surface area (Å²) >= 11 is 7.36. The predicted octanol–water partition coefficient (Wildman–Crippen LogP) is 3.81. The van der Waals surface area contributed by atoms with Gasteiger partial charge in [0.2, 0.25) is 0 Å². The Morgan fingerprint density at radius 3 is 2.90 bits per heavy atom. The van der Waals surface area contributed by atoms with E-state index in [-0.39, 0.29) is 0 Å². The summed E-state index contributed by atoms with van der Waals surface area (Å²) in [5, 5.41) is 0. The van der Waals surface area contributed by atoms with Crippen molar-refractivity contribution in [1.82, 2.24) is 9.38 Å². The summed E-state index contributed by atoms with van der Waals surface area (Å²) in [4.78, 5) is 5.60. The number of thiophene rings is 1. The lowest BCUT2D eigenvalue weighted by Crippen LogP contribution is -1.98. The van der Waals surface area contributed by atoms with Crippen LogP contribution in [0, 0.1) is 6.92 Å². The zero-order valence-corrected chi connectivity index (χ0v) is 13.3. The molecular weight excluding hydrogens is 312 g/mol. The third-order valence-corrected chi connectivity index (χ3v) is 5.63. The number of fused-ring (bicyclic) bond motifs is 1. The number of imidazole rings is 1. The number of nitrogens with zero attached hydrogens (tertiary/aromatic N) is 2. The van der Waals surface area contributed by atoms with Gasteiger partial charge in [-0.2, -0.15) is 0 Å². The molecule has 0 unspecified atom stereocenters. The molecule has 0 aliphatic carbocycles. The number of halogens is 1. The zero-order valence-electron chi connectivity index (χ0n) is 10.9. The Morgan fingerprint density at radius 2 is 2.20 bits per heavy atom. The molecule has 20 heavy (non-hydrogen) atoms. The van der Waals surface area contributed by atoms with Crippen molar-refractivity contribution in [3.8, 4) is 0 Å². The van der Waals surface area contributed by atoms with Crippen LogP contribution >= 0.6 is 22.9 Å². The third-order valence-electron chi connectivity index (χ3n) is 2.97. The van der Waals surface area contributed by atoms with Gasteiger partial charge < -0.3 is 4.40 Å². The molecule has 0 aromatic carbocycles. The molecule has 3 nitrogen and oxygen atoms in total. The second-order valence-corrected chi connectivity index (χ2v) is 7.85. The largest absolute Gasteiger partial charge is 0.307 e. The Morgan fingerprint density at radius 1 is 1.35 bits per heavy atom. The fourth-order valence-electron chi connectivity index (χ4n) is 2.08. The number of pyridine rings is 1. The van der Waals surface area contributed by atoms with Crippen molar-refractivity contribution in [1.29, 1.82) is 0 Å². The van der Waals surface area contributed by atoms with E-state index < -0.39 is 10.8 Å².